The molecule has 19 heavy (non-hydrogen) atoms. The fourth-order valence-corrected chi connectivity index (χ4v) is 1.48. The van der Waals surface area contributed by atoms with Crippen molar-refractivity contribution in [2.45, 2.75) is 6.92 Å². The number of ether oxygens (including phenoxy) is 2. The van der Waals surface area contributed by atoms with Gasteiger partial charge in [-0.25, -0.2) is 9.80 Å². The second-order valence-corrected chi connectivity index (χ2v) is 3.70. The third kappa shape index (κ3) is 2.65. The molecular weight excluding hydrogens is 256 g/mol. The van der Waals surface area contributed by atoms with Crippen LogP contribution < -0.4 is 10.9 Å². The minimum atomic E-state index is -0.646. The molecule has 0 atom stereocenters. The SMILES string of the molecule is COC(=O)C1=CC(=O)N2NN(COC(C)=O)C=C2N1. The molecule has 0 bridgehead atoms. The molecule has 0 fully saturated rings. The summed E-state index contributed by atoms with van der Waals surface area (Å²) in [6.45, 7) is 1.20. The number of hydrazine groups is 2. The van der Waals surface area contributed by atoms with Crippen LogP contribution in [0.3, 0.4) is 0 Å². The Morgan fingerprint density at radius 3 is 2.79 bits per heavy atom. The molecule has 0 unspecified atom stereocenters. The van der Waals surface area contributed by atoms with Crippen LogP contribution in [0.4, 0.5) is 0 Å². The maximum Gasteiger partial charge on any atom is 0.354 e. The zero-order valence-corrected chi connectivity index (χ0v) is 10.3. The lowest BCUT2D eigenvalue weighted by atomic mass is 10.3. The standard InChI is InChI=1S/C10H12N4O5/c1-6(15)19-5-13-4-8-11-7(10(17)18-2)3-9(16)14(8)12-13/h3-4,11-12H,5H2,1-2H3. The highest BCUT2D eigenvalue weighted by atomic mass is 16.5. The number of carbonyl (C=O) groups excluding carboxylic acids is 3. The highest BCUT2D eigenvalue weighted by Gasteiger charge is 2.32. The number of hydrogen-bond donors (Lipinski definition) is 2. The quantitative estimate of drug-likeness (QED) is 0.598. The van der Waals surface area contributed by atoms with Gasteiger partial charge < -0.3 is 14.8 Å². The molecular formula is C10H12N4O5. The van der Waals surface area contributed by atoms with Gasteiger partial charge in [-0.1, -0.05) is 0 Å². The van der Waals surface area contributed by atoms with Crippen LogP contribution in [0.5, 0.6) is 0 Å². The topological polar surface area (TPSA) is 100 Å². The van der Waals surface area contributed by atoms with Gasteiger partial charge in [-0.2, -0.15) is 0 Å². The number of rotatable bonds is 3. The van der Waals surface area contributed by atoms with Gasteiger partial charge in [-0.15, -0.1) is 5.53 Å². The first-order chi connectivity index (χ1) is 9.01. The molecule has 0 aromatic carbocycles. The predicted octanol–water partition coefficient (Wildman–Crippen LogP) is -1.47. The van der Waals surface area contributed by atoms with E-state index in [9.17, 15) is 14.4 Å². The highest BCUT2D eigenvalue weighted by molar-refractivity contribution is 6.00. The van der Waals surface area contributed by atoms with E-state index in [0.29, 0.717) is 5.82 Å². The largest absolute Gasteiger partial charge is 0.464 e. The third-order valence-corrected chi connectivity index (χ3v) is 2.31. The predicted molar refractivity (Wildman–Crippen MR) is 59.8 cm³/mol. The zero-order chi connectivity index (χ0) is 14.0. The van der Waals surface area contributed by atoms with E-state index in [1.807, 2.05) is 0 Å². The first-order valence-electron chi connectivity index (χ1n) is 5.30. The van der Waals surface area contributed by atoms with Crippen molar-refractivity contribution in [1.82, 2.24) is 20.9 Å². The second-order valence-electron chi connectivity index (χ2n) is 3.70. The van der Waals surface area contributed by atoms with Crippen molar-refractivity contribution in [2.75, 3.05) is 13.8 Å². The molecule has 1 amide bonds. The van der Waals surface area contributed by atoms with E-state index in [2.05, 4.69) is 15.6 Å². The highest BCUT2D eigenvalue weighted by Crippen LogP contribution is 2.16. The van der Waals surface area contributed by atoms with Crippen molar-refractivity contribution in [3.05, 3.63) is 23.8 Å². The second kappa shape index (κ2) is 4.98. The van der Waals surface area contributed by atoms with Gasteiger partial charge in [0.05, 0.1) is 13.3 Å². The van der Waals surface area contributed by atoms with Gasteiger partial charge in [0, 0.05) is 13.0 Å². The third-order valence-electron chi connectivity index (χ3n) is 2.31. The smallest absolute Gasteiger partial charge is 0.354 e. The average molecular weight is 268 g/mol. The number of hydrogen-bond acceptors (Lipinski definition) is 8. The number of methoxy groups -OCH3 is 1. The number of amides is 1. The minimum Gasteiger partial charge on any atom is -0.464 e. The summed E-state index contributed by atoms with van der Waals surface area (Å²) in [6, 6.07) is 0. The number of nitrogens with one attached hydrogen (secondary N) is 2. The van der Waals surface area contributed by atoms with Gasteiger partial charge in [-0.3, -0.25) is 14.6 Å². The van der Waals surface area contributed by atoms with Crippen LogP contribution >= 0.6 is 0 Å². The van der Waals surface area contributed by atoms with Crippen LogP contribution in [0.1, 0.15) is 6.92 Å². The summed E-state index contributed by atoms with van der Waals surface area (Å²) in [4.78, 5) is 33.8. The lowest BCUT2D eigenvalue weighted by Gasteiger charge is -2.25. The van der Waals surface area contributed by atoms with E-state index in [1.54, 1.807) is 0 Å². The van der Waals surface area contributed by atoms with E-state index in [4.69, 9.17) is 4.74 Å². The summed E-state index contributed by atoms with van der Waals surface area (Å²) < 4.78 is 9.29. The summed E-state index contributed by atoms with van der Waals surface area (Å²) in [6.07, 6.45) is 2.59. The summed E-state index contributed by atoms with van der Waals surface area (Å²) in [5, 5.41) is 5.26. The van der Waals surface area contributed by atoms with Crippen LogP contribution in [0, 0.1) is 0 Å². The van der Waals surface area contributed by atoms with E-state index in [0.717, 1.165) is 11.1 Å². The average Bonchev–Trinajstić information content (AvgIpc) is 2.79. The van der Waals surface area contributed by atoms with Gasteiger partial charge >= 0.3 is 11.9 Å². The molecule has 0 spiro atoms. The van der Waals surface area contributed by atoms with Crippen LogP contribution in [-0.2, 0) is 23.9 Å². The van der Waals surface area contributed by atoms with Crippen LogP contribution in [0.25, 0.3) is 0 Å². The molecule has 0 saturated heterocycles. The maximum atomic E-state index is 11.8. The lowest BCUT2D eigenvalue weighted by Crippen LogP contribution is -2.49. The molecule has 102 valence electrons. The normalized spacial score (nSPS) is 17.3. The number of fused-ring (bicyclic) bond motifs is 1. The maximum absolute atomic E-state index is 11.8. The Morgan fingerprint density at radius 2 is 2.16 bits per heavy atom. The number of carbonyl (C=O) groups is 3. The molecule has 0 aromatic heterocycles. The van der Waals surface area contributed by atoms with Crippen molar-refractivity contribution in [2.24, 2.45) is 0 Å². The molecule has 2 heterocycles. The molecule has 0 aliphatic carbocycles. The Labute approximate surface area is 108 Å². The van der Waals surface area contributed by atoms with Crippen molar-refractivity contribution < 1.29 is 23.9 Å². The van der Waals surface area contributed by atoms with Gasteiger partial charge in [-0.05, 0) is 0 Å². The fraction of sp³-hybridized carbons (Fsp3) is 0.300. The van der Waals surface area contributed by atoms with Crippen molar-refractivity contribution in [3.63, 3.8) is 0 Å². The monoisotopic (exact) mass is 268 g/mol. The Morgan fingerprint density at radius 1 is 1.42 bits per heavy atom. The molecule has 2 N–H and O–H groups in total. The van der Waals surface area contributed by atoms with Gasteiger partial charge in [0.25, 0.3) is 5.91 Å². The summed E-state index contributed by atoms with van der Waals surface area (Å²) in [5.41, 5.74) is 2.70. The Balaban J connectivity index is 2.07. The molecule has 2 aliphatic rings. The first kappa shape index (κ1) is 12.9. The van der Waals surface area contributed by atoms with Gasteiger partial charge in [0.15, 0.2) is 6.73 Å². The first-order valence-corrected chi connectivity index (χ1v) is 5.30. The van der Waals surface area contributed by atoms with Gasteiger partial charge in [0.2, 0.25) is 0 Å². The summed E-state index contributed by atoms with van der Waals surface area (Å²) in [5.74, 6) is -1.21. The molecule has 0 aromatic rings. The summed E-state index contributed by atoms with van der Waals surface area (Å²) >= 11 is 0. The zero-order valence-electron chi connectivity index (χ0n) is 10.3. The number of nitrogens with zero attached hydrogens (tertiary/aromatic N) is 2. The minimum absolute atomic E-state index is 0.0335. The summed E-state index contributed by atoms with van der Waals surface area (Å²) in [7, 11) is 1.22. The molecule has 9 nitrogen and oxygen atoms in total. The molecule has 0 saturated carbocycles. The van der Waals surface area contributed by atoms with E-state index in [1.165, 1.54) is 25.2 Å². The fourth-order valence-electron chi connectivity index (χ4n) is 1.48. The lowest BCUT2D eigenvalue weighted by molar-refractivity contribution is -0.147. The Bertz CT molecular complexity index is 498. The van der Waals surface area contributed by atoms with E-state index in [-0.39, 0.29) is 12.4 Å². The van der Waals surface area contributed by atoms with Gasteiger partial charge in [0.1, 0.15) is 11.5 Å². The molecule has 2 rings (SSSR count). The van der Waals surface area contributed by atoms with Crippen molar-refractivity contribution in [3.8, 4) is 0 Å². The Hall–Kier alpha value is -2.55. The Kier molecular flexibility index (Phi) is 3.38. The molecule has 2 aliphatic heterocycles. The van der Waals surface area contributed by atoms with Crippen LogP contribution in [-0.4, -0.2) is 41.7 Å². The molecule has 0 radical (unpaired) electrons. The van der Waals surface area contributed by atoms with Crippen LogP contribution in [0.2, 0.25) is 0 Å². The van der Waals surface area contributed by atoms with Crippen LogP contribution in [0.15, 0.2) is 23.8 Å². The van der Waals surface area contributed by atoms with Crippen molar-refractivity contribution >= 4 is 17.8 Å². The van der Waals surface area contributed by atoms with E-state index >= 15 is 0 Å². The van der Waals surface area contributed by atoms with Crippen molar-refractivity contribution in [1.29, 1.82) is 0 Å². The number of esters is 2. The van der Waals surface area contributed by atoms with E-state index < -0.39 is 17.8 Å². The molecule has 9 heteroatoms.